The standard InChI is InChI=1S/C24H28N4O3S/c29-32(30)11-9-28(10-12-32)20-13-18(15-25-16-20)22-14-24(27-23-7-2-1-6-21(22)23)31-17-19-5-3-4-8-26-19/h3-5,8,13-16,29-30H,1-2,6-7,9-12,17H2. The number of hydrogen-bond donors (Lipinski definition) is 2. The second-order valence-electron chi connectivity index (χ2n) is 8.38. The number of pyridine rings is 3. The molecule has 2 N–H and O–H groups in total. The minimum Gasteiger partial charge on any atom is -0.471 e. The third-order valence-electron chi connectivity index (χ3n) is 6.15. The smallest absolute Gasteiger partial charge is 0.214 e. The zero-order chi connectivity index (χ0) is 22.0. The van der Waals surface area contributed by atoms with E-state index in [2.05, 4.69) is 20.9 Å². The van der Waals surface area contributed by atoms with E-state index in [1.54, 1.807) is 6.20 Å². The lowest BCUT2D eigenvalue weighted by Gasteiger charge is -2.41. The first-order valence-electron chi connectivity index (χ1n) is 11.1. The Kier molecular flexibility index (Phi) is 5.99. The maximum Gasteiger partial charge on any atom is 0.214 e. The molecular formula is C24H28N4O3S. The average molecular weight is 453 g/mol. The fourth-order valence-electron chi connectivity index (χ4n) is 4.37. The molecule has 0 amide bonds. The van der Waals surface area contributed by atoms with Crippen LogP contribution < -0.4 is 9.64 Å². The Hall–Kier alpha value is -2.68. The van der Waals surface area contributed by atoms with Crippen molar-refractivity contribution >= 4 is 16.3 Å². The van der Waals surface area contributed by atoms with Gasteiger partial charge in [-0.2, -0.15) is 10.6 Å². The highest BCUT2D eigenvalue weighted by Gasteiger charge is 2.24. The molecule has 0 atom stereocenters. The lowest BCUT2D eigenvalue weighted by atomic mass is 9.89. The van der Waals surface area contributed by atoms with Crippen molar-refractivity contribution in [1.29, 1.82) is 0 Å². The number of nitrogens with zero attached hydrogens (tertiary/aromatic N) is 4. The number of aromatic nitrogens is 3. The maximum atomic E-state index is 9.94. The third-order valence-corrected chi connectivity index (χ3v) is 7.82. The number of aryl methyl sites for hydroxylation is 1. The predicted octanol–water partition coefficient (Wildman–Crippen LogP) is 4.57. The molecule has 1 aliphatic heterocycles. The molecule has 8 heteroatoms. The molecule has 7 nitrogen and oxygen atoms in total. The van der Waals surface area contributed by atoms with Gasteiger partial charge in [-0.1, -0.05) is 6.07 Å². The summed E-state index contributed by atoms with van der Waals surface area (Å²) >= 11 is 0. The highest BCUT2D eigenvalue weighted by atomic mass is 32.3. The molecule has 3 aromatic rings. The molecule has 1 fully saturated rings. The van der Waals surface area contributed by atoms with Gasteiger partial charge >= 0.3 is 0 Å². The molecule has 4 heterocycles. The van der Waals surface area contributed by atoms with Crippen molar-refractivity contribution in [3.8, 4) is 17.0 Å². The molecule has 0 saturated carbocycles. The Labute approximate surface area is 189 Å². The second-order valence-corrected chi connectivity index (χ2v) is 10.8. The van der Waals surface area contributed by atoms with Crippen LogP contribution in [0.5, 0.6) is 5.88 Å². The third kappa shape index (κ3) is 4.72. The summed E-state index contributed by atoms with van der Waals surface area (Å²) in [4.78, 5) is 15.8. The molecule has 3 aromatic heterocycles. The predicted molar refractivity (Wildman–Crippen MR) is 127 cm³/mol. The van der Waals surface area contributed by atoms with E-state index >= 15 is 0 Å². The zero-order valence-electron chi connectivity index (χ0n) is 18.0. The molecule has 2 aliphatic rings. The number of anilines is 1. The van der Waals surface area contributed by atoms with Crippen LogP contribution in [0.2, 0.25) is 0 Å². The van der Waals surface area contributed by atoms with Crippen molar-refractivity contribution < 1.29 is 13.8 Å². The second kappa shape index (κ2) is 9.05. The van der Waals surface area contributed by atoms with Crippen molar-refractivity contribution in [3.63, 3.8) is 0 Å². The van der Waals surface area contributed by atoms with E-state index < -0.39 is 10.6 Å². The number of ether oxygens (including phenoxy) is 1. The van der Waals surface area contributed by atoms with E-state index in [-0.39, 0.29) is 0 Å². The highest BCUT2D eigenvalue weighted by Crippen LogP contribution is 2.41. The van der Waals surface area contributed by atoms with Gasteiger partial charge in [0, 0.05) is 42.8 Å². The van der Waals surface area contributed by atoms with Crippen LogP contribution >= 0.6 is 10.6 Å². The Balaban J connectivity index is 1.44. The monoisotopic (exact) mass is 452 g/mol. The lowest BCUT2D eigenvalue weighted by Crippen LogP contribution is -2.38. The molecule has 0 aromatic carbocycles. The Morgan fingerprint density at radius 2 is 1.88 bits per heavy atom. The summed E-state index contributed by atoms with van der Waals surface area (Å²) in [6, 6.07) is 9.97. The Bertz CT molecular complexity index is 1080. The first-order chi connectivity index (χ1) is 15.6. The molecule has 0 spiro atoms. The Morgan fingerprint density at radius 3 is 2.69 bits per heavy atom. The van der Waals surface area contributed by atoms with Crippen molar-refractivity contribution in [2.24, 2.45) is 0 Å². The molecule has 0 unspecified atom stereocenters. The summed E-state index contributed by atoms with van der Waals surface area (Å²) in [6.07, 6.45) is 9.78. The number of hydrogen-bond acceptors (Lipinski definition) is 7. The van der Waals surface area contributed by atoms with Crippen LogP contribution in [0.1, 0.15) is 29.8 Å². The first kappa shape index (κ1) is 21.2. The van der Waals surface area contributed by atoms with Gasteiger partial charge in [-0.05, 0) is 55.0 Å². The van der Waals surface area contributed by atoms with Gasteiger partial charge in [0.05, 0.1) is 29.1 Å². The van der Waals surface area contributed by atoms with E-state index in [9.17, 15) is 9.11 Å². The fourth-order valence-corrected chi connectivity index (χ4v) is 5.60. The van der Waals surface area contributed by atoms with Gasteiger partial charge in [0.2, 0.25) is 5.88 Å². The maximum absolute atomic E-state index is 9.94. The van der Waals surface area contributed by atoms with E-state index in [1.165, 1.54) is 5.56 Å². The normalized spacial score (nSPS) is 18.6. The summed E-state index contributed by atoms with van der Waals surface area (Å²) in [5, 5.41) is 0. The molecule has 0 bridgehead atoms. The van der Waals surface area contributed by atoms with Gasteiger partial charge in [0.25, 0.3) is 0 Å². The summed E-state index contributed by atoms with van der Waals surface area (Å²) in [5.74, 6) is 1.43. The van der Waals surface area contributed by atoms with Crippen molar-refractivity contribution in [1.82, 2.24) is 15.0 Å². The van der Waals surface area contributed by atoms with Crippen molar-refractivity contribution in [3.05, 3.63) is 65.9 Å². The Morgan fingerprint density at radius 1 is 1.03 bits per heavy atom. The van der Waals surface area contributed by atoms with Crippen molar-refractivity contribution in [2.45, 2.75) is 32.3 Å². The first-order valence-corrected chi connectivity index (χ1v) is 13.0. The molecule has 1 saturated heterocycles. The van der Waals surface area contributed by atoms with Crippen LogP contribution in [0.25, 0.3) is 11.1 Å². The summed E-state index contributed by atoms with van der Waals surface area (Å²) < 4.78 is 25.9. The largest absolute Gasteiger partial charge is 0.471 e. The summed E-state index contributed by atoms with van der Waals surface area (Å²) in [5.41, 5.74) is 6.45. The minimum absolute atomic E-state index is 0.380. The van der Waals surface area contributed by atoms with E-state index in [1.807, 2.05) is 36.7 Å². The highest BCUT2D eigenvalue weighted by molar-refractivity contribution is 8.24. The average Bonchev–Trinajstić information content (AvgIpc) is 2.83. The fraction of sp³-hybridized carbons (Fsp3) is 0.375. The quantitative estimate of drug-likeness (QED) is 0.586. The number of rotatable bonds is 5. The molecule has 1 aliphatic carbocycles. The molecule has 0 radical (unpaired) electrons. The van der Waals surface area contributed by atoms with Gasteiger partial charge in [-0.25, -0.2) is 4.98 Å². The number of fused-ring (bicyclic) bond motifs is 1. The van der Waals surface area contributed by atoms with E-state index in [0.717, 1.165) is 53.9 Å². The van der Waals surface area contributed by atoms with Gasteiger partial charge in [-0.15, -0.1) is 0 Å². The van der Waals surface area contributed by atoms with Gasteiger partial charge < -0.3 is 9.64 Å². The summed E-state index contributed by atoms with van der Waals surface area (Å²) in [7, 11) is -2.42. The SMILES string of the molecule is OS1(O)CCN(c2cncc(-c3cc(OCc4ccccn4)nc4c3CCCC4)c2)CC1. The van der Waals surface area contributed by atoms with Crippen LogP contribution in [0.15, 0.2) is 48.9 Å². The van der Waals surface area contributed by atoms with Gasteiger partial charge in [-0.3, -0.25) is 19.1 Å². The van der Waals surface area contributed by atoms with Crippen molar-refractivity contribution in [2.75, 3.05) is 29.5 Å². The van der Waals surface area contributed by atoms with E-state index in [4.69, 9.17) is 9.72 Å². The zero-order valence-corrected chi connectivity index (χ0v) is 18.8. The lowest BCUT2D eigenvalue weighted by molar-refractivity contribution is 0.288. The van der Waals surface area contributed by atoms with Gasteiger partial charge in [0.1, 0.15) is 6.61 Å². The van der Waals surface area contributed by atoms with Crippen LogP contribution in [0, 0.1) is 0 Å². The molecule has 168 valence electrons. The van der Waals surface area contributed by atoms with Crippen LogP contribution in [0.3, 0.4) is 0 Å². The van der Waals surface area contributed by atoms with Crippen LogP contribution in [-0.4, -0.2) is 48.7 Å². The van der Waals surface area contributed by atoms with Crippen LogP contribution in [-0.2, 0) is 19.4 Å². The van der Waals surface area contributed by atoms with Crippen LogP contribution in [0.4, 0.5) is 5.69 Å². The van der Waals surface area contributed by atoms with E-state index in [0.29, 0.717) is 37.1 Å². The molecular weight excluding hydrogens is 424 g/mol. The summed E-state index contributed by atoms with van der Waals surface area (Å²) in [6.45, 7) is 1.63. The van der Waals surface area contributed by atoms with Gasteiger partial charge in [0.15, 0.2) is 0 Å². The minimum atomic E-state index is -2.42. The molecule has 32 heavy (non-hydrogen) atoms. The topological polar surface area (TPSA) is 91.6 Å². The molecule has 5 rings (SSSR count).